The topological polar surface area (TPSA) is 75.3 Å². The number of rotatable bonds is 5. The Bertz CT molecular complexity index is 1380. The van der Waals surface area contributed by atoms with Crippen LogP contribution in [0.15, 0.2) is 77.6 Å². The number of nitrogens with zero attached hydrogens (tertiary/aromatic N) is 2. The standard InChI is InChI=1S/C27H25N3O3/c1-17-18(2)33-25-20(17)12-8-13-22(25)27(32)30(15-19-9-4-3-5-10-19)16-24-28-23-14-7-6-11-21(23)26(31)29-24/h3-14,17-18H,15-16H2,1-2H3,(H,28,29,31)/t17-,18+/m0/s1. The molecular weight excluding hydrogens is 414 g/mol. The number of benzene rings is 3. The van der Waals surface area contributed by atoms with Crippen molar-refractivity contribution >= 4 is 16.8 Å². The highest BCUT2D eigenvalue weighted by atomic mass is 16.5. The summed E-state index contributed by atoms with van der Waals surface area (Å²) >= 11 is 0. The van der Waals surface area contributed by atoms with Gasteiger partial charge < -0.3 is 14.6 Å². The van der Waals surface area contributed by atoms with Crippen molar-refractivity contribution in [2.24, 2.45) is 0 Å². The smallest absolute Gasteiger partial charge is 0.258 e. The van der Waals surface area contributed by atoms with Gasteiger partial charge in [-0.3, -0.25) is 9.59 Å². The van der Waals surface area contributed by atoms with Crippen molar-refractivity contribution < 1.29 is 9.53 Å². The van der Waals surface area contributed by atoms with E-state index in [0.717, 1.165) is 11.1 Å². The maximum Gasteiger partial charge on any atom is 0.258 e. The lowest BCUT2D eigenvalue weighted by molar-refractivity contribution is 0.0720. The van der Waals surface area contributed by atoms with Gasteiger partial charge in [-0.05, 0) is 30.7 Å². The van der Waals surface area contributed by atoms with Crippen LogP contribution in [0.3, 0.4) is 0 Å². The lowest BCUT2D eigenvalue weighted by Gasteiger charge is -2.23. The molecule has 1 aromatic heterocycles. The fourth-order valence-electron chi connectivity index (χ4n) is 4.32. The lowest BCUT2D eigenvalue weighted by atomic mass is 9.96. The van der Waals surface area contributed by atoms with Crippen molar-refractivity contribution in [1.82, 2.24) is 14.9 Å². The molecule has 3 aromatic carbocycles. The molecule has 6 nitrogen and oxygen atoms in total. The van der Waals surface area contributed by atoms with Crippen LogP contribution in [0.2, 0.25) is 0 Å². The second-order valence-electron chi connectivity index (χ2n) is 8.51. The summed E-state index contributed by atoms with van der Waals surface area (Å²) in [5, 5.41) is 0.527. The van der Waals surface area contributed by atoms with Crippen molar-refractivity contribution in [3.63, 3.8) is 0 Å². The lowest BCUT2D eigenvalue weighted by Crippen LogP contribution is -2.32. The SMILES string of the molecule is C[C@@H]1c2cccc(C(=O)N(Cc3ccccc3)Cc3nc4ccccc4c(=O)[nH]3)c2O[C@@H]1C. The van der Waals surface area contributed by atoms with Gasteiger partial charge >= 0.3 is 0 Å². The zero-order valence-corrected chi connectivity index (χ0v) is 18.6. The third-order valence-electron chi connectivity index (χ3n) is 6.28. The molecule has 2 atom stereocenters. The van der Waals surface area contributed by atoms with Gasteiger partial charge in [0.2, 0.25) is 0 Å². The highest BCUT2D eigenvalue weighted by molar-refractivity contribution is 5.97. The van der Waals surface area contributed by atoms with E-state index in [-0.39, 0.29) is 30.0 Å². The molecule has 166 valence electrons. The number of aromatic amines is 1. The highest BCUT2D eigenvalue weighted by Crippen LogP contribution is 2.40. The molecule has 2 heterocycles. The quantitative estimate of drug-likeness (QED) is 0.491. The summed E-state index contributed by atoms with van der Waals surface area (Å²) in [6, 6.07) is 22.7. The van der Waals surface area contributed by atoms with Gasteiger partial charge in [-0.25, -0.2) is 4.98 Å². The van der Waals surface area contributed by atoms with Crippen molar-refractivity contribution in [2.45, 2.75) is 39.0 Å². The molecule has 4 aromatic rings. The fourth-order valence-corrected chi connectivity index (χ4v) is 4.32. The molecule has 33 heavy (non-hydrogen) atoms. The Morgan fingerprint density at radius 3 is 2.55 bits per heavy atom. The molecule has 1 N–H and O–H groups in total. The van der Waals surface area contributed by atoms with Gasteiger partial charge in [0.15, 0.2) is 0 Å². The molecule has 0 spiro atoms. The summed E-state index contributed by atoms with van der Waals surface area (Å²) in [4.78, 5) is 35.5. The zero-order valence-electron chi connectivity index (χ0n) is 18.6. The molecule has 0 fully saturated rings. The third kappa shape index (κ3) is 4.00. The molecule has 0 aliphatic carbocycles. The Morgan fingerprint density at radius 2 is 1.73 bits per heavy atom. The van der Waals surface area contributed by atoms with Crippen LogP contribution in [0.1, 0.15) is 47.1 Å². The first kappa shape index (κ1) is 20.9. The molecule has 5 rings (SSSR count). The Morgan fingerprint density at radius 1 is 0.970 bits per heavy atom. The maximum absolute atomic E-state index is 13.8. The average molecular weight is 440 g/mol. The molecule has 1 aliphatic rings. The fraction of sp³-hybridized carbons (Fsp3) is 0.222. The number of carbonyl (C=O) groups is 1. The van der Waals surface area contributed by atoms with E-state index in [0.29, 0.717) is 34.6 Å². The van der Waals surface area contributed by atoms with Crippen LogP contribution in [0.5, 0.6) is 5.75 Å². The minimum absolute atomic E-state index is 0.00929. The molecule has 0 unspecified atom stereocenters. The minimum atomic E-state index is -0.214. The number of ether oxygens (including phenoxy) is 1. The number of aromatic nitrogens is 2. The molecule has 0 saturated carbocycles. The summed E-state index contributed by atoms with van der Waals surface area (Å²) < 4.78 is 6.08. The van der Waals surface area contributed by atoms with Gasteiger partial charge in [0.1, 0.15) is 17.7 Å². The van der Waals surface area contributed by atoms with E-state index in [2.05, 4.69) is 16.9 Å². The van der Waals surface area contributed by atoms with Crippen molar-refractivity contribution in [1.29, 1.82) is 0 Å². The number of hydrogen-bond acceptors (Lipinski definition) is 4. The minimum Gasteiger partial charge on any atom is -0.489 e. The number of H-pyrrole nitrogens is 1. The van der Waals surface area contributed by atoms with Gasteiger partial charge in [-0.2, -0.15) is 0 Å². The van der Waals surface area contributed by atoms with Crippen LogP contribution in [0.25, 0.3) is 10.9 Å². The van der Waals surface area contributed by atoms with Gasteiger partial charge in [-0.15, -0.1) is 0 Å². The molecule has 0 saturated heterocycles. The van der Waals surface area contributed by atoms with Gasteiger partial charge in [0.05, 0.1) is 23.0 Å². The number of fused-ring (bicyclic) bond motifs is 2. The Hall–Kier alpha value is -3.93. The summed E-state index contributed by atoms with van der Waals surface area (Å²) in [7, 11) is 0. The van der Waals surface area contributed by atoms with Crippen LogP contribution in [0, 0.1) is 0 Å². The zero-order chi connectivity index (χ0) is 22.9. The normalized spacial score (nSPS) is 16.9. The first-order chi connectivity index (χ1) is 16.0. The number of carbonyl (C=O) groups excluding carboxylic acids is 1. The number of nitrogens with one attached hydrogen (secondary N) is 1. The highest BCUT2D eigenvalue weighted by Gasteiger charge is 2.32. The van der Waals surface area contributed by atoms with E-state index >= 15 is 0 Å². The van der Waals surface area contributed by atoms with Crippen molar-refractivity contribution in [3.05, 3.63) is 106 Å². The van der Waals surface area contributed by atoms with Gasteiger partial charge in [0, 0.05) is 18.0 Å². The van der Waals surface area contributed by atoms with Crippen LogP contribution in [-0.4, -0.2) is 26.9 Å². The van der Waals surface area contributed by atoms with Crippen molar-refractivity contribution in [2.75, 3.05) is 0 Å². The molecule has 6 heteroatoms. The summed E-state index contributed by atoms with van der Waals surface area (Å²) in [5.41, 5.74) is 2.96. The van der Waals surface area contributed by atoms with Crippen LogP contribution in [0.4, 0.5) is 0 Å². The van der Waals surface area contributed by atoms with Gasteiger partial charge in [0.25, 0.3) is 11.5 Å². The number of amides is 1. The van der Waals surface area contributed by atoms with Crippen LogP contribution < -0.4 is 10.3 Å². The summed E-state index contributed by atoms with van der Waals surface area (Å²) in [5.74, 6) is 1.15. The number of para-hydroxylation sites is 2. The average Bonchev–Trinajstić information content (AvgIpc) is 3.12. The second kappa shape index (κ2) is 8.54. The molecule has 1 aliphatic heterocycles. The van der Waals surface area contributed by atoms with Crippen molar-refractivity contribution in [3.8, 4) is 5.75 Å². The van der Waals surface area contributed by atoms with E-state index in [9.17, 15) is 9.59 Å². The molecular formula is C27H25N3O3. The largest absolute Gasteiger partial charge is 0.489 e. The first-order valence-corrected chi connectivity index (χ1v) is 11.1. The molecule has 0 bridgehead atoms. The van der Waals surface area contributed by atoms with Crippen LogP contribution in [-0.2, 0) is 13.1 Å². The number of hydrogen-bond donors (Lipinski definition) is 1. The molecule has 0 radical (unpaired) electrons. The van der Waals surface area contributed by atoms with E-state index in [1.165, 1.54) is 0 Å². The summed E-state index contributed by atoms with van der Waals surface area (Å²) in [6.45, 7) is 4.67. The van der Waals surface area contributed by atoms with E-state index in [1.807, 2.05) is 61.5 Å². The summed E-state index contributed by atoms with van der Waals surface area (Å²) in [6.07, 6.45) is 0.00929. The second-order valence-corrected chi connectivity index (χ2v) is 8.51. The van der Waals surface area contributed by atoms with Crippen LogP contribution >= 0.6 is 0 Å². The Labute approximate surface area is 191 Å². The van der Waals surface area contributed by atoms with E-state index in [4.69, 9.17) is 4.74 Å². The van der Waals surface area contributed by atoms with E-state index in [1.54, 1.807) is 23.1 Å². The maximum atomic E-state index is 13.8. The monoisotopic (exact) mass is 439 g/mol. The first-order valence-electron chi connectivity index (χ1n) is 11.1. The predicted molar refractivity (Wildman–Crippen MR) is 127 cm³/mol. The molecule has 1 amide bonds. The Balaban J connectivity index is 1.54. The third-order valence-corrected chi connectivity index (χ3v) is 6.28. The predicted octanol–water partition coefficient (Wildman–Crippen LogP) is 4.65. The van der Waals surface area contributed by atoms with E-state index < -0.39 is 0 Å². The van der Waals surface area contributed by atoms with Gasteiger partial charge in [-0.1, -0.05) is 61.5 Å². The Kier molecular flexibility index (Phi) is 5.42.